The predicted octanol–water partition coefficient (Wildman–Crippen LogP) is 4.94. The zero-order chi connectivity index (χ0) is 17.4. The van der Waals surface area contributed by atoms with E-state index in [1.807, 2.05) is 0 Å². The second-order valence-corrected chi connectivity index (χ2v) is 5.88. The molecular formula is C20H11ClO4. The molecule has 4 rings (SSSR count). The van der Waals surface area contributed by atoms with Crippen molar-refractivity contribution in [2.45, 2.75) is 0 Å². The lowest BCUT2D eigenvalue weighted by molar-refractivity contribution is 0.101. The van der Waals surface area contributed by atoms with Crippen LogP contribution in [0.1, 0.15) is 16.1 Å². The maximum Gasteiger partial charge on any atom is 0.235 e. The normalized spacial score (nSPS) is 10.9. The lowest BCUT2D eigenvalue weighted by Gasteiger charge is -2.09. The quantitative estimate of drug-likeness (QED) is 0.491. The summed E-state index contributed by atoms with van der Waals surface area (Å²) in [7, 11) is 0. The van der Waals surface area contributed by atoms with Crippen LogP contribution in [0.3, 0.4) is 0 Å². The Morgan fingerprint density at radius 2 is 1.80 bits per heavy atom. The van der Waals surface area contributed by atoms with Gasteiger partial charge in [-0.05, 0) is 36.4 Å². The zero-order valence-corrected chi connectivity index (χ0v) is 13.6. The van der Waals surface area contributed by atoms with Gasteiger partial charge in [0.25, 0.3) is 0 Å². The zero-order valence-electron chi connectivity index (χ0n) is 12.9. The van der Waals surface area contributed by atoms with Crippen molar-refractivity contribution in [3.8, 4) is 11.3 Å². The second-order valence-electron chi connectivity index (χ2n) is 5.45. The Morgan fingerprint density at radius 1 is 0.960 bits per heavy atom. The van der Waals surface area contributed by atoms with Crippen molar-refractivity contribution in [3.63, 3.8) is 0 Å². The second kappa shape index (κ2) is 6.07. The molecule has 2 aromatic heterocycles. The average Bonchev–Trinajstić information content (AvgIpc) is 3.16. The molecule has 4 nitrogen and oxygen atoms in total. The first kappa shape index (κ1) is 15.4. The van der Waals surface area contributed by atoms with E-state index >= 15 is 0 Å². The summed E-state index contributed by atoms with van der Waals surface area (Å²) >= 11 is 6.06. The maximum absolute atomic E-state index is 13.0. The van der Waals surface area contributed by atoms with Gasteiger partial charge in [0.2, 0.25) is 11.2 Å². The molecule has 0 N–H and O–H groups in total. The summed E-state index contributed by atoms with van der Waals surface area (Å²) in [5.74, 6) is -0.280. The number of ketones is 1. The Bertz CT molecular complexity index is 1140. The number of fused-ring (bicyclic) bond motifs is 1. The largest absolute Gasteiger partial charge is 0.461 e. The van der Waals surface area contributed by atoms with E-state index in [0.29, 0.717) is 21.6 Å². The minimum absolute atomic E-state index is 0.0732. The summed E-state index contributed by atoms with van der Waals surface area (Å²) in [5, 5.41) is 0.813. The molecule has 5 heteroatoms. The lowest BCUT2D eigenvalue weighted by atomic mass is 10.0. The van der Waals surface area contributed by atoms with Gasteiger partial charge in [0, 0.05) is 10.6 Å². The van der Waals surface area contributed by atoms with Crippen molar-refractivity contribution in [1.82, 2.24) is 0 Å². The third-order valence-electron chi connectivity index (χ3n) is 3.86. The average molecular weight is 351 g/mol. The summed E-state index contributed by atoms with van der Waals surface area (Å²) in [6.07, 6.45) is 1.38. The molecule has 25 heavy (non-hydrogen) atoms. The molecule has 4 aromatic rings. The fraction of sp³-hybridized carbons (Fsp3) is 0. The van der Waals surface area contributed by atoms with Gasteiger partial charge in [-0.2, -0.15) is 0 Å². The molecule has 0 radical (unpaired) electrons. The molecule has 0 saturated heterocycles. The number of rotatable bonds is 3. The highest BCUT2D eigenvalue weighted by Crippen LogP contribution is 2.29. The van der Waals surface area contributed by atoms with Crippen LogP contribution in [0.15, 0.2) is 80.6 Å². The van der Waals surface area contributed by atoms with E-state index in [1.165, 1.54) is 12.3 Å². The topological polar surface area (TPSA) is 60.4 Å². The van der Waals surface area contributed by atoms with Crippen LogP contribution in [0.2, 0.25) is 5.02 Å². The number of furan rings is 1. The van der Waals surface area contributed by atoms with Crippen LogP contribution in [0, 0.1) is 0 Å². The standard InChI is InChI=1S/C20H11ClO4/c21-13-6-3-5-12(11-13)20-17(19(23)16-9-4-10-24-16)18(22)14-7-1-2-8-15(14)25-20/h1-11H. The Hall–Kier alpha value is -3.11. The SMILES string of the molecule is O=C(c1ccco1)c1c(-c2cccc(Cl)c2)oc2ccccc2c1=O. The highest BCUT2D eigenvalue weighted by atomic mass is 35.5. The number of hydrogen-bond acceptors (Lipinski definition) is 4. The fourth-order valence-corrected chi connectivity index (χ4v) is 2.90. The van der Waals surface area contributed by atoms with Crippen molar-refractivity contribution in [2.24, 2.45) is 0 Å². The van der Waals surface area contributed by atoms with Crippen molar-refractivity contribution in [3.05, 3.63) is 93.5 Å². The molecule has 0 bridgehead atoms. The van der Waals surface area contributed by atoms with Crippen molar-refractivity contribution < 1.29 is 13.6 Å². The fourth-order valence-electron chi connectivity index (χ4n) is 2.71. The van der Waals surface area contributed by atoms with E-state index in [-0.39, 0.29) is 17.1 Å². The van der Waals surface area contributed by atoms with Crippen LogP contribution in [-0.2, 0) is 0 Å². The molecule has 0 saturated carbocycles. The van der Waals surface area contributed by atoms with Gasteiger partial charge in [0.05, 0.1) is 11.6 Å². The first-order chi connectivity index (χ1) is 12.1. The molecule has 0 spiro atoms. The number of para-hydroxylation sites is 1. The van der Waals surface area contributed by atoms with E-state index in [2.05, 4.69) is 0 Å². The Labute approximate surface area is 147 Å². The van der Waals surface area contributed by atoms with E-state index < -0.39 is 11.2 Å². The van der Waals surface area contributed by atoms with Gasteiger partial charge in [-0.3, -0.25) is 9.59 Å². The van der Waals surface area contributed by atoms with Crippen LogP contribution in [0.4, 0.5) is 0 Å². The molecule has 0 aliphatic carbocycles. The van der Waals surface area contributed by atoms with Crippen LogP contribution in [-0.4, -0.2) is 5.78 Å². The third kappa shape index (κ3) is 2.66. The number of hydrogen-bond donors (Lipinski definition) is 0. The van der Waals surface area contributed by atoms with Gasteiger partial charge in [-0.25, -0.2) is 0 Å². The van der Waals surface area contributed by atoms with E-state index in [4.69, 9.17) is 20.4 Å². The first-order valence-electron chi connectivity index (χ1n) is 7.55. The molecule has 0 aliphatic rings. The number of benzene rings is 2. The Balaban J connectivity index is 2.08. The molecule has 0 aliphatic heterocycles. The van der Waals surface area contributed by atoms with Gasteiger partial charge in [0.15, 0.2) is 5.76 Å². The van der Waals surface area contributed by atoms with Crippen molar-refractivity contribution >= 4 is 28.4 Å². The number of carbonyl (C=O) groups excluding carboxylic acids is 1. The maximum atomic E-state index is 13.0. The summed E-state index contributed by atoms with van der Waals surface area (Å²) in [6, 6.07) is 16.7. The van der Waals surface area contributed by atoms with Crippen LogP contribution in [0.25, 0.3) is 22.3 Å². The van der Waals surface area contributed by atoms with Gasteiger partial charge in [-0.15, -0.1) is 0 Å². The van der Waals surface area contributed by atoms with E-state index in [9.17, 15) is 9.59 Å². The molecule has 2 heterocycles. The molecule has 2 aromatic carbocycles. The highest BCUT2D eigenvalue weighted by molar-refractivity contribution is 6.30. The molecule has 0 unspecified atom stereocenters. The third-order valence-corrected chi connectivity index (χ3v) is 4.09. The number of halogens is 1. The summed E-state index contributed by atoms with van der Waals surface area (Å²) in [6.45, 7) is 0. The minimum Gasteiger partial charge on any atom is -0.461 e. The molecular weight excluding hydrogens is 340 g/mol. The van der Waals surface area contributed by atoms with Gasteiger partial charge >= 0.3 is 0 Å². The summed E-state index contributed by atoms with van der Waals surface area (Å²) in [4.78, 5) is 25.9. The van der Waals surface area contributed by atoms with E-state index in [1.54, 1.807) is 54.6 Å². The summed E-state index contributed by atoms with van der Waals surface area (Å²) < 4.78 is 11.1. The molecule has 0 fully saturated rings. The van der Waals surface area contributed by atoms with Crippen molar-refractivity contribution in [1.29, 1.82) is 0 Å². The molecule has 0 atom stereocenters. The summed E-state index contributed by atoms with van der Waals surface area (Å²) in [5.41, 5.74) is 0.470. The van der Waals surface area contributed by atoms with E-state index in [0.717, 1.165) is 0 Å². The lowest BCUT2D eigenvalue weighted by Crippen LogP contribution is -2.17. The predicted molar refractivity (Wildman–Crippen MR) is 95.1 cm³/mol. The van der Waals surface area contributed by atoms with Crippen LogP contribution < -0.4 is 5.43 Å². The minimum atomic E-state index is -0.528. The van der Waals surface area contributed by atoms with Crippen molar-refractivity contribution in [2.75, 3.05) is 0 Å². The monoisotopic (exact) mass is 350 g/mol. The molecule has 0 amide bonds. The number of carbonyl (C=O) groups is 1. The van der Waals surface area contributed by atoms with Gasteiger partial charge in [0.1, 0.15) is 16.9 Å². The Morgan fingerprint density at radius 3 is 2.56 bits per heavy atom. The van der Waals surface area contributed by atoms with Crippen LogP contribution in [0.5, 0.6) is 0 Å². The van der Waals surface area contributed by atoms with Crippen LogP contribution >= 0.6 is 11.6 Å². The Kier molecular flexibility index (Phi) is 3.75. The van der Waals surface area contributed by atoms with Gasteiger partial charge < -0.3 is 8.83 Å². The first-order valence-corrected chi connectivity index (χ1v) is 7.93. The smallest absolute Gasteiger partial charge is 0.235 e. The van der Waals surface area contributed by atoms with Gasteiger partial charge in [-0.1, -0.05) is 35.9 Å². The highest BCUT2D eigenvalue weighted by Gasteiger charge is 2.25. The molecule has 122 valence electrons.